The average Bonchev–Trinajstić information content (AvgIpc) is 2.32. The lowest BCUT2D eigenvalue weighted by molar-refractivity contribution is 0.0972. The third-order valence-electron chi connectivity index (χ3n) is 3.12. The molecule has 0 amide bonds. The molecule has 1 nitrogen and oxygen atoms in total. The van der Waals surface area contributed by atoms with Gasteiger partial charge in [-0.05, 0) is 43.2 Å². The van der Waals surface area contributed by atoms with Crippen molar-refractivity contribution in [1.82, 2.24) is 0 Å². The van der Waals surface area contributed by atoms with Crippen LogP contribution in [0.3, 0.4) is 0 Å². The molecule has 0 spiro atoms. The molecule has 18 heavy (non-hydrogen) atoms. The Morgan fingerprint density at radius 1 is 1.11 bits per heavy atom. The molecule has 0 bridgehead atoms. The predicted octanol–water partition coefficient (Wildman–Crippen LogP) is 4.15. The molecule has 1 unspecified atom stereocenters. The number of hydrogen-bond donors (Lipinski definition) is 1. The fourth-order valence-corrected chi connectivity index (χ4v) is 2.50. The first-order valence-electron chi connectivity index (χ1n) is 5.67. The topological polar surface area (TPSA) is 20.2 Å². The van der Waals surface area contributed by atoms with E-state index in [0.717, 1.165) is 10.0 Å². The van der Waals surface area contributed by atoms with E-state index in [0.29, 0.717) is 5.56 Å². The third-order valence-corrected chi connectivity index (χ3v) is 3.62. The zero-order chi connectivity index (χ0) is 13.3. The van der Waals surface area contributed by atoms with Crippen molar-refractivity contribution in [2.75, 3.05) is 0 Å². The first kappa shape index (κ1) is 13.2. The molecule has 3 heteroatoms. The number of hydrogen-bond acceptors (Lipinski definition) is 1. The molecule has 0 radical (unpaired) electrons. The molecule has 0 aliphatic carbocycles. The second-order valence-electron chi connectivity index (χ2n) is 4.51. The summed E-state index contributed by atoms with van der Waals surface area (Å²) in [5.74, 6) is -0.411. The van der Waals surface area contributed by atoms with E-state index in [-0.39, 0.29) is 5.56 Å². The molecule has 0 aliphatic heterocycles. The third kappa shape index (κ3) is 2.33. The molecule has 2 aromatic rings. The van der Waals surface area contributed by atoms with Crippen LogP contribution in [0.25, 0.3) is 0 Å². The Balaban J connectivity index is 2.61. The Kier molecular flexibility index (Phi) is 3.55. The van der Waals surface area contributed by atoms with Gasteiger partial charge in [-0.1, -0.05) is 40.2 Å². The van der Waals surface area contributed by atoms with E-state index in [1.54, 1.807) is 19.1 Å². The molecular formula is C15H14BrFO. The zero-order valence-corrected chi connectivity index (χ0v) is 11.8. The molecule has 0 saturated carbocycles. The average molecular weight is 309 g/mol. The van der Waals surface area contributed by atoms with Gasteiger partial charge in [-0.3, -0.25) is 0 Å². The van der Waals surface area contributed by atoms with Gasteiger partial charge in [-0.2, -0.15) is 0 Å². The Labute approximate surface area is 114 Å². The minimum Gasteiger partial charge on any atom is -0.381 e. The standard InChI is InChI=1S/C15H14BrFO/c1-10-5-3-4-6-12(10)15(2,18)13-9-11(16)7-8-14(13)17/h3-9,18H,1-2H3. The van der Waals surface area contributed by atoms with Crippen LogP contribution in [0.15, 0.2) is 46.9 Å². The SMILES string of the molecule is Cc1ccccc1C(C)(O)c1cc(Br)ccc1F. The number of halogens is 2. The highest BCUT2D eigenvalue weighted by Crippen LogP contribution is 2.34. The van der Waals surface area contributed by atoms with Crippen molar-refractivity contribution in [2.45, 2.75) is 19.4 Å². The lowest BCUT2D eigenvalue weighted by atomic mass is 9.85. The summed E-state index contributed by atoms with van der Waals surface area (Å²) in [4.78, 5) is 0. The van der Waals surface area contributed by atoms with Gasteiger partial charge in [0.05, 0.1) is 0 Å². The normalized spacial score (nSPS) is 14.3. The van der Waals surface area contributed by atoms with Crippen LogP contribution in [-0.4, -0.2) is 5.11 Å². The number of aryl methyl sites for hydroxylation is 1. The molecule has 0 heterocycles. The smallest absolute Gasteiger partial charge is 0.129 e. The van der Waals surface area contributed by atoms with Crippen LogP contribution in [0.2, 0.25) is 0 Å². The van der Waals surface area contributed by atoms with E-state index in [1.165, 1.54) is 6.07 Å². The molecule has 2 aromatic carbocycles. The van der Waals surface area contributed by atoms with Crippen LogP contribution in [0.1, 0.15) is 23.6 Å². The molecule has 0 saturated heterocycles. The molecule has 1 N–H and O–H groups in total. The minimum absolute atomic E-state index is 0.270. The first-order valence-corrected chi connectivity index (χ1v) is 6.46. The van der Waals surface area contributed by atoms with E-state index in [2.05, 4.69) is 15.9 Å². The second-order valence-corrected chi connectivity index (χ2v) is 5.43. The van der Waals surface area contributed by atoms with Gasteiger partial charge in [-0.25, -0.2) is 4.39 Å². The van der Waals surface area contributed by atoms with Crippen molar-refractivity contribution in [1.29, 1.82) is 0 Å². The number of aliphatic hydroxyl groups is 1. The minimum atomic E-state index is -1.35. The number of rotatable bonds is 2. The first-order chi connectivity index (χ1) is 8.43. The van der Waals surface area contributed by atoms with Gasteiger partial charge in [0.1, 0.15) is 11.4 Å². The Hall–Kier alpha value is -1.19. The van der Waals surface area contributed by atoms with E-state index in [4.69, 9.17) is 0 Å². The molecule has 0 aromatic heterocycles. The highest BCUT2D eigenvalue weighted by atomic mass is 79.9. The maximum absolute atomic E-state index is 13.9. The van der Waals surface area contributed by atoms with Gasteiger partial charge in [0.15, 0.2) is 0 Å². The molecule has 2 rings (SSSR count). The van der Waals surface area contributed by atoms with Gasteiger partial charge in [0, 0.05) is 10.0 Å². The summed E-state index contributed by atoms with van der Waals surface area (Å²) < 4.78 is 14.6. The van der Waals surface area contributed by atoms with Gasteiger partial charge in [-0.15, -0.1) is 0 Å². The van der Waals surface area contributed by atoms with E-state index in [1.807, 2.05) is 31.2 Å². The summed E-state index contributed by atoms with van der Waals surface area (Å²) in [7, 11) is 0. The predicted molar refractivity (Wildman–Crippen MR) is 74.0 cm³/mol. The molecule has 94 valence electrons. The largest absolute Gasteiger partial charge is 0.381 e. The van der Waals surface area contributed by atoms with Crippen LogP contribution in [-0.2, 0) is 5.60 Å². The molecule has 0 aliphatic rings. The quantitative estimate of drug-likeness (QED) is 0.883. The number of benzene rings is 2. The van der Waals surface area contributed by atoms with Crippen LogP contribution < -0.4 is 0 Å². The monoisotopic (exact) mass is 308 g/mol. The summed E-state index contributed by atoms with van der Waals surface area (Å²) in [6.07, 6.45) is 0. The van der Waals surface area contributed by atoms with Gasteiger partial charge < -0.3 is 5.11 Å². The Morgan fingerprint density at radius 2 is 1.78 bits per heavy atom. The highest BCUT2D eigenvalue weighted by Gasteiger charge is 2.30. The Bertz CT molecular complexity index is 578. The van der Waals surface area contributed by atoms with Gasteiger partial charge in [0.2, 0.25) is 0 Å². The summed E-state index contributed by atoms with van der Waals surface area (Å²) >= 11 is 3.30. The second kappa shape index (κ2) is 4.82. The van der Waals surface area contributed by atoms with Crippen molar-refractivity contribution in [3.05, 3.63) is 69.4 Å². The summed E-state index contributed by atoms with van der Waals surface area (Å²) in [5, 5.41) is 10.7. The zero-order valence-electron chi connectivity index (χ0n) is 10.2. The summed E-state index contributed by atoms with van der Waals surface area (Å²) in [5.41, 5.74) is 0.564. The van der Waals surface area contributed by atoms with E-state index in [9.17, 15) is 9.50 Å². The fraction of sp³-hybridized carbons (Fsp3) is 0.200. The van der Waals surface area contributed by atoms with E-state index < -0.39 is 11.4 Å². The van der Waals surface area contributed by atoms with Crippen molar-refractivity contribution in [2.24, 2.45) is 0 Å². The van der Waals surface area contributed by atoms with Crippen LogP contribution in [0, 0.1) is 12.7 Å². The summed E-state index contributed by atoms with van der Waals surface area (Å²) in [6.45, 7) is 3.51. The van der Waals surface area contributed by atoms with Crippen molar-refractivity contribution in [3.63, 3.8) is 0 Å². The lowest BCUT2D eigenvalue weighted by Crippen LogP contribution is -2.25. The van der Waals surface area contributed by atoms with Crippen molar-refractivity contribution in [3.8, 4) is 0 Å². The van der Waals surface area contributed by atoms with Crippen LogP contribution in [0.5, 0.6) is 0 Å². The highest BCUT2D eigenvalue weighted by molar-refractivity contribution is 9.10. The maximum atomic E-state index is 13.9. The van der Waals surface area contributed by atoms with Crippen LogP contribution >= 0.6 is 15.9 Å². The van der Waals surface area contributed by atoms with Gasteiger partial charge in [0.25, 0.3) is 0 Å². The van der Waals surface area contributed by atoms with Gasteiger partial charge >= 0.3 is 0 Å². The Morgan fingerprint density at radius 3 is 2.44 bits per heavy atom. The van der Waals surface area contributed by atoms with Crippen molar-refractivity contribution >= 4 is 15.9 Å². The molecule has 1 atom stereocenters. The molecular weight excluding hydrogens is 295 g/mol. The molecule has 0 fully saturated rings. The van der Waals surface area contributed by atoms with E-state index >= 15 is 0 Å². The van der Waals surface area contributed by atoms with Crippen LogP contribution in [0.4, 0.5) is 4.39 Å². The maximum Gasteiger partial charge on any atom is 0.129 e. The lowest BCUT2D eigenvalue weighted by Gasteiger charge is -2.26. The fourth-order valence-electron chi connectivity index (χ4n) is 2.13. The summed E-state index contributed by atoms with van der Waals surface area (Å²) in [6, 6.07) is 12.0. The van der Waals surface area contributed by atoms with Crippen molar-refractivity contribution < 1.29 is 9.50 Å².